The van der Waals surface area contributed by atoms with Gasteiger partial charge in [0.05, 0.1) is 18.4 Å². The fraction of sp³-hybridized carbons (Fsp3) is 0.0476. The second-order valence-electron chi connectivity index (χ2n) is 5.84. The van der Waals surface area contributed by atoms with Crippen molar-refractivity contribution >= 4 is 0 Å². The fourth-order valence-corrected chi connectivity index (χ4v) is 2.91. The van der Waals surface area contributed by atoms with Gasteiger partial charge in [-0.3, -0.25) is 4.98 Å². The zero-order valence-electron chi connectivity index (χ0n) is 14.4. The number of nitrogens with zero attached hydrogens (tertiary/aromatic N) is 2. The summed E-state index contributed by atoms with van der Waals surface area (Å²) in [5.41, 5.74) is 2.41. The van der Waals surface area contributed by atoms with Gasteiger partial charge in [-0.15, -0.1) is 0 Å². The first-order valence-electron chi connectivity index (χ1n) is 8.24. The number of pyridine rings is 1. The number of ether oxygens (including phenoxy) is 1. The lowest BCUT2D eigenvalue weighted by atomic mass is 10.0. The predicted octanol–water partition coefficient (Wildman–Crippen LogP) is 4.31. The molecule has 0 bridgehead atoms. The topological polar surface area (TPSA) is 57.3 Å². The van der Waals surface area contributed by atoms with Gasteiger partial charge in [0, 0.05) is 18.0 Å². The van der Waals surface area contributed by atoms with E-state index in [4.69, 9.17) is 9.26 Å². The third-order valence-electron chi connectivity index (χ3n) is 4.21. The molecular weight excluding hydrogens is 347 g/mol. The molecular formula is C21H15FN2O3. The molecule has 0 N–H and O–H groups in total. The minimum atomic E-state index is -0.510. The highest BCUT2D eigenvalue weighted by atomic mass is 19.1. The summed E-state index contributed by atoms with van der Waals surface area (Å²) in [5, 5.41) is 0. The van der Waals surface area contributed by atoms with Crippen LogP contribution in [0.15, 0.2) is 82.4 Å². The molecule has 0 spiro atoms. The summed E-state index contributed by atoms with van der Waals surface area (Å²) < 4.78 is 25.5. The molecule has 4 rings (SSSR count). The lowest BCUT2D eigenvalue weighted by Crippen LogP contribution is -1.97. The minimum absolute atomic E-state index is 0.358. The van der Waals surface area contributed by atoms with Crippen molar-refractivity contribution in [1.29, 1.82) is 0 Å². The van der Waals surface area contributed by atoms with Crippen LogP contribution in [0.1, 0.15) is 0 Å². The van der Waals surface area contributed by atoms with Gasteiger partial charge >= 0.3 is 5.63 Å². The Morgan fingerprint density at radius 1 is 0.926 bits per heavy atom. The van der Waals surface area contributed by atoms with Gasteiger partial charge in [-0.25, -0.2) is 9.18 Å². The van der Waals surface area contributed by atoms with Crippen molar-refractivity contribution in [2.75, 3.05) is 7.11 Å². The highest BCUT2D eigenvalue weighted by Crippen LogP contribution is 2.32. The van der Waals surface area contributed by atoms with E-state index in [-0.39, 0.29) is 5.82 Å². The number of hydrogen-bond acceptors (Lipinski definition) is 4. The van der Waals surface area contributed by atoms with Crippen LogP contribution < -0.4 is 10.4 Å². The minimum Gasteiger partial charge on any atom is -0.497 e. The Morgan fingerprint density at radius 3 is 2.22 bits per heavy atom. The number of hydrogen-bond donors (Lipinski definition) is 0. The molecule has 2 heterocycles. The van der Waals surface area contributed by atoms with Crippen LogP contribution in [0.25, 0.3) is 28.1 Å². The molecule has 134 valence electrons. The summed E-state index contributed by atoms with van der Waals surface area (Å²) in [6.07, 6.45) is 3.28. The number of halogens is 1. The molecule has 5 nitrogen and oxygen atoms in total. The van der Waals surface area contributed by atoms with E-state index in [1.165, 1.54) is 16.9 Å². The molecule has 27 heavy (non-hydrogen) atoms. The molecule has 0 aliphatic heterocycles. The smallest absolute Gasteiger partial charge is 0.366 e. The van der Waals surface area contributed by atoms with Crippen LogP contribution in [0.5, 0.6) is 5.75 Å². The lowest BCUT2D eigenvalue weighted by molar-refractivity contribution is 0.326. The van der Waals surface area contributed by atoms with Crippen molar-refractivity contribution in [3.05, 3.63) is 89.3 Å². The Balaban J connectivity index is 1.98. The maximum atomic E-state index is 13.3. The van der Waals surface area contributed by atoms with Crippen LogP contribution in [0.4, 0.5) is 4.39 Å². The second kappa shape index (κ2) is 6.92. The number of benzene rings is 2. The normalized spacial score (nSPS) is 10.7. The number of methoxy groups -OCH3 is 1. The molecule has 0 saturated heterocycles. The molecule has 0 aliphatic carbocycles. The standard InChI is InChI=1S/C21H15FN2O3/c1-26-18-8-6-17(7-9-18)24-20(15-10-12-23-13-11-15)19(21(25)27-24)14-2-4-16(22)5-3-14/h2-13H,1H3. The predicted molar refractivity (Wildman–Crippen MR) is 99.5 cm³/mol. The monoisotopic (exact) mass is 362 g/mol. The van der Waals surface area contributed by atoms with Crippen molar-refractivity contribution < 1.29 is 13.7 Å². The summed E-state index contributed by atoms with van der Waals surface area (Å²) in [6.45, 7) is 0. The second-order valence-corrected chi connectivity index (χ2v) is 5.84. The third kappa shape index (κ3) is 3.13. The van der Waals surface area contributed by atoms with Crippen LogP contribution >= 0.6 is 0 Å². The molecule has 0 radical (unpaired) electrons. The fourth-order valence-electron chi connectivity index (χ4n) is 2.91. The zero-order valence-corrected chi connectivity index (χ0v) is 14.4. The van der Waals surface area contributed by atoms with Crippen molar-refractivity contribution in [3.8, 4) is 33.8 Å². The van der Waals surface area contributed by atoms with Crippen LogP contribution in [0, 0.1) is 5.82 Å². The average molecular weight is 362 g/mol. The maximum Gasteiger partial charge on any atom is 0.366 e. The van der Waals surface area contributed by atoms with E-state index in [9.17, 15) is 9.18 Å². The molecule has 0 unspecified atom stereocenters. The summed E-state index contributed by atoms with van der Waals surface area (Å²) in [7, 11) is 1.58. The Kier molecular flexibility index (Phi) is 4.30. The van der Waals surface area contributed by atoms with Crippen LogP contribution in [-0.4, -0.2) is 16.8 Å². The third-order valence-corrected chi connectivity index (χ3v) is 4.21. The van der Waals surface area contributed by atoms with Gasteiger partial charge in [-0.1, -0.05) is 12.1 Å². The van der Waals surface area contributed by atoms with Gasteiger partial charge in [0.25, 0.3) is 0 Å². The molecule has 2 aromatic carbocycles. The SMILES string of the molecule is COc1ccc(-n2oc(=O)c(-c3ccc(F)cc3)c2-c2ccncc2)cc1. The molecule has 4 aromatic rings. The Morgan fingerprint density at radius 2 is 1.59 bits per heavy atom. The van der Waals surface area contributed by atoms with Gasteiger partial charge in [-0.2, -0.15) is 4.74 Å². The van der Waals surface area contributed by atoms with Crippen LogP contribution in [0.2, 0.25) is 0 Å². The zero-order chi connectivity index (χ0) is 18.8. The van der Waals surface area contributed by atoms with Crippen molar-refractivity contribution in [3.63, 3.8) is 0 Å². The first-order valence-corrected chi connectivity index (χ1v) is 8.24. The van der Waals surface area contributed by atoms with Gasteiger partial charge in [-0.05, 0) is 54.1 Å². The van der Waals surface area contributed by atoms with E-state index in [1.807, 2.05) is 0 Å². The molecule has 0 fully saturated rings. The number of aromatic nitrogens is 2. The van der Waals surface area contributed by atoms with Crippen LogP contribution in [0.3, 0.4) is 0 Å². The van der Waals surface area contributed by atoms with E-state index in [2.05, 4.69) is 4.98 Å². The van der Waals surface area contributed by atoms with E-state index >= 15 is 0 Å². The Hall–Kier alpha value is -3.67. The first-order chi connectivity index (χ1) is 13.2. The molecule has 0 amide bonds. The summed E-state index contributed by atoms with van der Waals surface area (Å²) in [5.74, 6) is 0.320. The molecule has 6 heteroatoms. The summed E-state index contributed by atoms with van der Waals surface area (Å²) in [4.78, 5) is 16.7. The highest BCUT2D eigenvalue weighted by molar-refractivity contribution is 5.81. The lowest BCUT2D eigenvalue weighted by Gasteiger charge is -2.09. The Labute approximate surface area is 154 Å². The van der Waals surface area contributed by atoms with E-state index in [0.717, 1.165) is 5.56 Å². The summed E-state index contributed by atoms with van der Waals surface area (Å²) >= 11 is 0. The first kappa shape index (κ1) is 16.8. The van der Waals surface area contributed by atoms with Gasteiger partial charge in [0.15, 0.2) is 0 Å². The van der Waals surface area contributed by atoms with Crippen molar-refractivity contribution in [2.45, 2.75) is 0 Å². The largest absolute Gasteiger partial charge is 0.497 e. The van der Waals surface area contributed by atoms with Crippen LogP contribution in [-0.2, 0) is 0 Å². The molecule has 0 atom stereocenters. The van der Waals surface area contributed by atoms with Crippen molar-refractivity contribution in [1.82, 2.24) is 9.72 Å². The molecule has 0 aliphatic rings. The Bertz CT molecular complexity index is 1120. The van der Waals surface area contributed by atoms with E-state index in [1.54, 1.807) is 68.0 Å². The number of rotatable bonds is 4. The highest BCUT2D eigenvalue weighted by Gasteiger charge is 2.21. The van der Waals surface area contributed by atoms with E-state index in [0.29, 0.717) is 28.3 Å². The molecule has 0 saturated carbocycles. The van der Waals surface area contributed by atoms with Crippen molar-refractivity contribution in [2.24, 2.45) is 0 Å². The maximum absolute atomic E-state index is 13.3. The quantitative estimate of drug-likeness (QED) is 0.543. The van der Waals surface area contributed by atoms with Gasteiger partial charge in [0.2, 0.25) is 0 Å². The van der Waals surface area contributed by atoms with E-state index < -0.39 is 5.63 Å². The summed E-state index contributed by atoms with van der Waals surface area (Å²) in [6, 6.07) is 16.5. The van der Waals surface area contributed by atoms with Gasteiger partial charge in [0.1, 0.15) is 17.3 Å². The van der Waals surface area contributed by atoms with Gasteiger partial charge < -0.3 is 9.26 Å². The average Bonchev–Trinajstić information content (AvgIpc) is 3.06. The molecule has 2 aromatic heterocycles.